The van der Waals surface area contributed by atoms with E-state index in [0.717, 1.165) is 0 Å². The van der Waals surface area contributed by atoms with Crippen molar-refractivity contribution in [3.8, 4) is 0 Å². The predicted molar refractivity (Wildman–Crippen MR) is 52.1 cm³/mol. The molecule has 0 unspecified atom stereocenters. The van der Waals surface area contributed by atoms with Crippen molar-refractivity contribution < 1.29 is 9.90 Å². The summed E-state index contributed by atoms with van der Waals surface area (Å²) in [7, 11) is 1.69. The molecule has 2 aromatic rings. The lowest BCUT2D eigenvalue weighted by atomic mass is 10.2. The monoisotopic (exact) mass is 191 g/mol. The average molecular weight is 191 g/mol. The molecule has 1 aromatic carbocycles. The lowest BCUT2D eigenvalue weighted by Crippen LogP contribution is -2.02. The zero-order chi connectivity index (χ0) is 10.3. The highest BCUT2D eigenvalue weighted by atomic mass is 16.4. The van der Waals surface area contributed by atoms with Crippen molar-refractivity contribution >= 4 is 23.0 Å². The fourth-order valence-electron chi connectivity index (χ4n) is 1.46. The Morgan fingerprint density at radius 1 is 1.57 bits per heavy atom. The van der Waals surface area contributed by atoms with Gasteiger partial charge in [-0.1, -0.05) is 6.07 Å². The number of anilines is 1. The van der Waals surface area contributed by atoms with Crippen LogP contribution in [0, 0.1) is 0 Å². The van der Waals surface area contributed by atoms with Crippen LogP contribution in [0.2, 0.25) is 0 Å². The van der Waals surface area contributed by atoms with E-state index in [0.29, 0.717) is 17.0 Å². The largest absolute Gasteiger partial charge is 0.478 e. The third-order valence-electron chi connectivity index (χ3n) is 2.16. The normalized spacial score (nSPS) is 10.6. The molecule has 72 valence electrons. The van der Waals surface area contributed by atoms with Crippen LogP contribution in [-0.4, -0.2) is 20.6 Å². The van der Waals surface area contributed by atoms with Crippen molar-refractivity contribution in [2.45, 2.75) is 0 Å². The van der Waals surface area contributed by atoms with Gasteiger partial charge in [0.15, 0.2) is 0 Å². The van der Waals surface area contributed by atoms with E-state index in [1.807, 2.05) is 0 Å². The summed E-state index contributed by atoms with van der Waals surface area (Å²) in [5, 5.41) is 8.93. The van der Waals surface area contributed by atoms with Gasteiger partial charge in [-0.05, 0) is 12.1 Å². The number of fused-ring (bicyclic) bond motifs is 1. The van der Waals surface area contributed by atoms with Gasteiger partial charge in [0, 0.05) is 7.05 Å². The molecule has 1 heterocycles. The molecule has 14 heavy (non-hydrogen) atoms. The van der Waals surface area contributed by atoms with Crippen LogP contribution >= 0.6 is 0 Å². The number of nitrogens with two attached hydrogens (primary N) is 1. The van der Waals surface area contributed by atoms with Gasteiger partial charge in [0.1, 0.15) is 0 Å². The van der Waals surface area contributed by atoms with E-state index in [-0.39, 0.29) is 5.56 Å². The van der Waals surface area contributed by atoms with E-state index >= 15 is 0 Å². The fourth-order valence-corrected chi connectivity index (χ4v) is 1.46. The summed E-state index contributed by atoms with van der Waals surface area (Å²) in [6.07, 6.45) is 0. The second kappa shape index (κ2) is 2.73. The van der Waals surface area contributed by atoms with Crippen molar-refractivity contribution in [1.29, 1.82) is 0 Å². The molecule has 0 aliphatic rings. The molecule has 0 amide bonds. The van der Waals surface area contributed by atoms with Crippen molar-refractivity contribution in [2.75, 3.05) is 5.73 Å². The maximum Gasteiger partial charge on any atom is 0.337 e. The number of carbonyl (C=O) groups is 1. The highest BCUT2D eigenvalue weighted by molar-refractivity contribution is 6.01. The first-order valence-electron chi connectivity index (χ1n) is 4.05. The van der Waals surface area contributed by atoms with E-state index in [4.69, 9.17) is 10.8 Å². The topological polar surface area (TPSA) is 81.1 Å². The van der Waals surface area contributed by atoms with Gasteiger partial charge in [-0.3, -0.25) is 0 Å². The molecule has 2 rings (SSSR count). The Balaban J connectivity index is 2.91. The van der Waals surface area contributed by atoms with Crippen LogP contribution in [-0.2, 0) is 7.05 Å². The standard InChI is InChI=1S/C9H9N3O2/c1-12-7-5(8(13)14)3-2-4-6(7)11-9(12)10/h2-4H,1H3,(H2,10,11)(H,13,14). The molecule has 1 aromatic heterocycles. The summed E-state index contributed by atoms with van der Waals surface area (Å²) in [6, 6.07) is 4.92. The predicted octanol–water partition coefficient (Wildman–Crippen LogP) is 0.854. The first kappa shape index (κ1) is 8.55. The van der Waals surface area contributed by atoms with Gasteiger partial charge in [0.05, 0.1) is 16.6 Å². The number of hydrogen-bond acceptors (Lipinski definition) is 3. The fraction of sp³-hybridized carbons (Fsp3) is 0.111. The van der Waals surface area contributed by atoms with E-state index in [1.54, 1.807) is 23.7 Å². The minimum absolute atomic E-state index is 0.217. The molecular formula is C9H9N3O2. The Bertz CT molecular complexity index is 516. The number of hydrogen-bond donors (Lipinski definition) is 2. The quantitative estimate of drug-likeness (QED) is 0.700. The zero-order valence-corrected chi connectivity index (χ0v) is 7.56. The number of benzene rings is 1. The number of imidazole rings is 1. The van der Waals surface area contributed by atoms with Crippen LogP contribution in [0.4, 0.5) is 5.95 Å². The Hall–Kier alpha value is -2.04. The summed E-state index contributed by atoms with van der Waals surface area (Å²) in [5.41, 5.74) is 6.95. The third kappa shape index (κ3) is 1.02. The Kier molecular flexibility index (Phi) is 1.67. The summed E-state index contributed by atoms with van der Waals surface area (Å²) >= 11 is 0. The van der Waals surface area contributed by atoms with Crippen LogP contribution in [0.1, 0.15) is 10.4 Å². The van der Waals surface area contributed by atoms with Gasteiger partial charge in [-0.25, -0.2) is 9.78 Å². The zero-order valence-electron chi connectivity index (χ0n) is 7.56. The van der Waals surface area contributed by atoms with Gasteiger partial charge < -0.3 is 15.4 Å². The molecule has 3 N–H and O–H groups in total. The highest BCUT2D eigenvalue weighted by Gasteiger charge is 2.13. The first-order valence-corrected chi connectivity index (χ1v) is 4.05. The van der Waals surface area contributed by atoms with Gasteiger partial charge in [-0.2, -0.15) is 0 Å². The molecule has 0 saturated heterocycles. The highest BCUT2D eigenvalue weighted by Crippen LogP contribution is 2.20. The second-order valence-electron chi connectivity index (χ2n) is 3.01. The number of aromatic nitrogens is 2. The first-order chi connectivity index (χ1) is 6.61. The molecule has 0 radical (unpaired) electrons. The number of carboxylic acid groups (broad SMARTS) is 1. The molecular weight excluding hydrogens is 182 g/mol. The number of aryl methyl sites for hydroxylation is 1. The molecule has 0 aliphatic heterocycles. The smallest absolute Gasteiger partial charge is 0.337 e. The maximum atomic E-state index is 10.9. The van der Waals surface area contributed by atoms with E-state index in [9.17, 15) is 4.79 Å². The molecule has 0 bridgehead atoms. The van der Waals surface area contributed by atoms with Gasteiger partial charge in [0.2, 0.25) is 5.95 Å². The number of para-hydroxylation sites is 1. The summed E-state index contributed by atoms with van der Waals surface area (Å²) < 4.78 is 1.57. The number of nitrogen functional groups attached to an aromatic ring is 1. The lowest BCUT2D eigenvalue weighted by molar-refractivity contribution is 0.0698. The van der Waals surface area contributed by atoms with Crippen molar-refractivity contribution in [3.63, 3.8) is 0 Å². The molecule has 5 nitrogen and oxygen atoms in total. The van der Waals surface area contributed by atoms with Crippen LogP contribution in [0.5, 0.6) is 0 Å². The van der Waals surface area contributed by atoms with Gasteiger partial charge in [0.25, 0.3) is 0 Å². The summed E-state index contributed by atoms with van der Waals surface area (Å²) in [5.74, 6) is -0.660. The van der Waals surface area contributed by atoms with E-state index in [1.165, 1.54) is 6.07 Å². The minimum atomic E-state index is -0.974. The second-order valence-corrected chi connectivity index (χ2v) is 3.01. The van der Waals surface area contributed by atoms with Crippen LogP contribution in [0.15, 0.2) is 18.2 Å². The third-order valence-corrected chi connectivity index (χ3v) is 2.16. The number of aromatic carboxylic acids is 1. The molecule has 0 spiro atoms. The maximum absolute atomic E-state index is 10.9. The Labute approximate surface area is 79.8 Å². The van der Waals surface area contributed by atoms with Crippen molar-refractivity contribution in [1.82, 2.24) is 9.55 Å². The lowest BCUT2D eigenvalue weighted by Gasteiger charge is -1.99. The molecule has 0 aliphatic carbocycles. The van der Waals surface area contributed by atoms with E-state index < -0.39 is 5.97 Å². The van der Waals surface area contributed by atoms with Crippen LogP contribution in [0.3, 0.4) is 0 Å². The van der Waals surface area contributed by atoms with Gasteiger partial charge >= 0.3 is 5.97 Å². The molecule has 0 atom stereocenters. The molecule has 0 fully saturated rings. The van der Waals surface area contributed by atoms with E-state index in [2.05, 4.69) is 4.98 Å². The van der Waals surface area contributed by atoms with Gasteiger partial charge in [-0.15, -0.1) is 0 Å². The van der Waals surface area contributed by atoms with Crippen molar-refractivity contribution in [2.24, 2.45) is 7.05 Å². The number of carboxylic acids is 1. The van der Waals surface area contributed by atoms with Crippen molar-refractivity contribution in [3.05, 3.63) is 23.8 Å². The molecule has 0 saturated carbocycles. The number of nitrogens with zero attached hydrogens (tertiary/aromatic N) is 2. The minimum Gasteiger partial charge on any atom is -0.478 e. The Morgan fingerprint density at radius 2 is 2.29 bits per heavy atom. The summed E-state index contributed by atoms with van der Waals surface area (Å²) in [4.78, 5) is 14.9. The molecule has 5 heteroatoms. The van der Waals surface area contributed by atoms with Crippen LogP contribution in [0.25, 0.3) is 11.0 Å². The van der Waals surface area contributed by atoms with Crippen LogP contribution < -0.4 is 5.73 Å². The number of rotatable bonds is 1. The summed E-state index contributed by atoms with van der Waals surface area (Å²) in [6.45, 7) is 0. The average Bonchev–Trinajstić information content (AvgIpc) is 2.43. The SMILES string of the molecule is Cn1c(N)nc2cccc(C(=O)O)c21. The Morgan fingerprint density at radius 3 is 2.93 bits per heavy atom.